The zero-order chi connectivity index (χ0) is 25.8. The summed E-state index contributed by atoms with van der Waals surface area (Å²) in [5.41, 5.74) is 5.14. The fourth-order valence-electron chi connectivity index (χ4n) is 3.80. The van der Waals surface area contributed by atoms with Crippen molar-refractivity contribution in [3.63, 3.8) is 0 Å². The van der Waals surface area contributed by atoms with E-state index in [1.807, 2.05) is 6.07 Å². The molecule has 2 aromatic rings. The molecule has 2 aromatic carbocycles. The van der Waals surface area contributed by atoms with Crippen LogP contribution < -0.4 is 10.8 Å². The van der Waals surface area contributed by atoms with E-state index in [2.05, 4.69) is 5.32 Å². The Bertz CT molecular complexity index is 1090. The van der Waals surface area contributed by atoms with Crippen LogP contribution in [0.5, 0.6) is 0 Å². The molecule has 1 aliphatic heterocycles. The predicted octanol–water partition coefficient (Wildman–Crippen LogP) is 2.61. The summed E-state index contributed by atoms with van der Waals surface area (Å²) in [4.78, 5) is 34.9. The smallest absolute Gasteiger partial charge is 0.475 e. The van der Waals surface area contributed by atoms with Gasteiger partial charge in [0.15, 0.2) is 0 Å². The van der Waals surface area contributed by atoms with Crippen molar-refractivity contribution in [1.82, 2.24) is 15.7 Å². The van der Waals surface area contributed by atoms with Gasteiger partial charge in [-0.05, 0) is 53.8 Å². The van der Waals surface area contributed by atoms with Crippen molar-refractivity contribution in [2.75, 3.05) is 13.1 Å². The number of aliphatic carboxylic acids is 1. The molecule has 1 saturated carbocycles. The lowest BCUT2D eigenvalue weighted by Crippen LogP contribution is -2.41. The average Bonchev–Trinajstić information content (AvgIpc) is 3.61. The maximum atomic E-state index is 13.0. The van der Waals surface area contributed by atoms with Crippen molar-refractivity contribution in [3.05, 3.63) is 70.5 Å². The average molecular weight is 497 g/mol. The molecule has 0 radical (unpaired) electrons. The van der Waals surface area contributed by atoms with Crippen LogP contribution in [0.4, 0.5) is 17.6 Å². The van der Waals surface area contributed by atoms with Gasteiger partial charge in [-0.3, -0.25) is 14.8 Å². The molecule has 4 N–H and O–H groups in total. The molecule has 2 atom stereocenters. The number of hydrogen-bond acceptors (Lipinski definition) is 5. The number of fused-ring (bicyclic) bond motifs is 1. The van der Waals surface area contributed by atoms with Gasteiger partial charge < -0.3 is 15.3 Å². The van der Waals surface area contributed by atoms with Crippen molar-refractivity contribution >= 4 is 17.8 Å². The number of carbonyl (C=O) groups is 3. The molecular formula is C23H23F4N3O5. The van der Waals surface area contributed by atoms with Gasteiger partial charge in [-0.25, -0.2) is 14.7 Å². The van der Waals surface area contributed by atoms with E-state index in [1.165, 1.54) is 12.1 Å². The summed E-state index contributed by atoms with van der Waals surface area (Å²) in [7, 11) is 0. The summed E-state index contributed by atoms with van der Waals surface area (Å²) in [6.45, 7) is 1.36. The summed E-state index contributed by atoms with van der Waals surface area (Å²) in [5, 5.41) is 19.2. The number of rotatable bonds is 5. The van der Waals surface area contributed by atoms with Crippen molar-refractivity contribution in [2.24, 2.45) is 0 Å². The van der Waals surface area contributed by atoms with Crippen LogP contribution in [0.15, 0.2) is 42.5 Å². The molecule has 8 nitrogen and oxygen atoms in total. The lowest BCUT2D eigenvalue weighted by Gasteiger charge is -2.29. The zero-order valence-corrected chi connectivity index (χ0v) is 18.3. The van der Waals surface area contributed by atoms with Crippen LogP contribution >= 0.6 is 0 Å². The highest BCUT2D eigenvalue weighted by Gasteiger charge is 2.39. The second-order valence-electron chi connectivity index (χ2n) is 8.17. The first-order chi connectivity index (χ1) is 16.5. The number of carboxylic acid groups (broad SMARTS) is 1. The highest BCUT2D eigenvalue weighted by molar-refractivity contribution is 5.93. The Hall–Kier alpha value is -3.51. The lowest BCUT2D eigenvalue weighted by molar-refractivity contribution is -0.192. The molecule has 1 fully saturated rings. The number of halogens is 4. The number of carboxylic acids is 1. The normalized spacial score (nSPS) is 18.6. The molecule has 0 bridgehead atoms. The Kier molecular flexibility index (Phi) is 8.07. The molecule has 12 heteroatoms. The minimum atomic E-state index is -5.08. The largest absolute Gasteiger partial charge is 0.490 e. The van der Waals surface area contributed by atoms with Gasteiger partial charge >= 0.3 is 12.1 Å². The molecule has 188 valence electrons. The summed E-state index contributed by atoms with van der Waals surface area (Å²) in [6.07, 6.45) is -3.40. The predicted molar refractivity (Wildman–Crippen MR) is 114 cm³/mol. The van der Waals surface area contributed by atoms with Crippen molar-refractivity contribution in [2.45, 2.75) is 37.5 Å². The summed E-state index contributed by atoms with van der Waals surface area (Å²) >= 11 is 0. The fourth-order valence-corrected chi connectivity index (χ4v) is 3.80. The quantitative estimate of drug-likeness (QED) is 0.287. The molecule has 2 amide bonds. The van der Waals surface area contributed by atoms with Crippen molar-refractivity contribution < 1.29 is 42.3 Å². The number of alkyl halides is 3. The monoisotopic (exact) mass is 497 g/mol. The number of benzene rings is 2. The van der Waals surface area contributed by atoms with Crippen LogP contribution in [0.3, 0.4) is 0 Å². The molecule has 2 aliphatic rings. The van der Waals surface area contributed by atoms with Gasteiger partial charge in [0.1, 0.15) is 5.82 Å². The standard InChI is InChI=1S/C21H22FN3O3.C2HF3O2/c22-17-5-3-14(4-6-17)18-10-19(18)23-11-20(26)25-8-7-13-1-2-15(21(27)24-28)9-16(13)12-25;3-2(4,5)1(6)7/h1-6,9,18-19,23,28H,7-8,10-12H2,(H,24,27);(H,6,7). The highest BCUT2D eigenvalue weighted by Crippen LogP contribution is 2.40. The van der Waals surface area contributed by atoms with Crippen molar-refractivity contribution in [1.29, 1.82) is 0 Å². The number of amides is 2. The van der Waals surface area contributed by atoms with Gasteiger partial charge in [0.05, 0.1) is 6.54 Å². The van der Waals surface area contributed by atoms with Gasteiger partial charge in [-0.2, -0.15) is 13.2 Å². The molecule has 2 unspecified atom stereocenters. The van der Waals surface area contributed by atoms with E-state index in [9.17, 15) is 27.2 Å². The van der Waals surface area contributed by atoms with E-state index in [-0.39, 0.29) is 24.3 Å². The van der Waals surface area contributed by atoms with E-state index in [4.69, 9.17) is 15.1 Å². The second-order valence-corrected chi connectivity index (χ2v) is 8.17. The fraction of sp³-hybridized carbons (Fsp3) is 0.348. The molecular weight excluding hydrogens is 474 g/mol. The topological polar surface area (TPSA) is 119 Å². The first-order valence-corrected chi connectivity index (χ1v) is 10.6. The van der Waals surface area contributed by atoms with E-state index in [0.717, 1.165) is 29.5 Å². The van der Waals surface area contributed by atoms with E-state index in [1.54, 1.807) is 34.6 Å². The molecule has 4 rings (SSSR count). The number of nitrogens with zero attached hydrogens (tertiary/aromatic N) is 1. The Morgan fingerprint density at radius 2 is 1.71 bits per heavy atom. The van der Waals surface area contributed by atoms with Crippen molar-refractivity contribution in [3.8, 4) is 0 Å². The number of nitrogens with one attached hydrogen (secondary N) is 2. The summed E-state index contributed by atoms with van der Waals surface area (Å²) < 4.78 is 44.8. The molecule has 1 aliphatic carbocycles. The number of hydroxylamine groups is 1. The van der Waals surface area contributed by atoms with Gasteiger partial charge in [0.2, 0.25) is 5.91 Å². The Labute approximate surface area is 197 Å². The van der Waals surface area contributed by atoms with Crippen LogP contribution in [-0.4, -0.2) is 58.3 Å². The third kappa shape index (κ3) is 6.99. The molecule has 1 heterocycles. The van der Waals surface area contributed by atoms with E-state index >= 15 is 0 Å². The molecule has 0 spiro atoms. The van der Waals surface area contributed by atoms with Gasteiger partial charge in [-0.15, -0.1) is 0 Å². The third-order valence-electron chi connectivity index (χ3n) is 5.78. The number of hydrogen-bond donors (Lipinski definition) is 4. The molecule has 0 saturated heterocycles. The second kappa shape index (κ2) is 10.8. The van der Waals surface area contributed by atoms with Gasteiger partial charge in [0, 0.05) is 30.6 Å². The lowest BCUT2D eigenvalue weighted by atomic mass is 9.97. The minimum Gasteiger partial charge on any atom is -0.475 e. The van der Waals surface area contributed by atoms with Crippen LogP contribution in [0, 0.1) is 5.82 Å². The Morgan fingerprint density at radius 3 is 2.31 bits per heavy atom. The maximum Gasteiger partial charge on any atom is 0.490 e. The Balaban J connectivity index is 0.000000429. The molecule has 0 aromatic heterocycles. The van der Waals surface area contributed by atoms with Crippen LogP contribution in [-0.2, 0) is 22.6 Å². The molecule has 35 heavy (non-hydrogen) atoms. The van der Waals surface area contributed by atoms with E-state index in [0.29, 0.717) is 24.6 Å². The summed E-state index contributed by atoms with van der Waals surface area (Å²) in [6, 6.07) is 12.0. The zero-order valence-electron chi connectivity index (χ0n) is 18.3. The van der Waals surface area contributed by atoms with Crippen LogP contribution in [0.25, 0.3) is 0 Å². The first kappa shape index (κ1) is 26.1. The first-order valence-electron chi connectivity index (χ1n) is 10.6. The van der Waals surface area contributed by atoms with Crippen LogP contribution in [0.1, 0.15) is 39.4 Å². The summed E-state index contributed by atoms with van der Waals surface area (Å²) in [5.74, 6) is -3.21. The third-order valence-corrected chi connectivity index (χ3v) is 5.78. The van der Waals surface area contributed by atoms with E-state index < -0.39 is 18.1 Å². The minimum absolute atomic E-state index is 0.0208. The van der Waals surface area contributed by atoms with Gasteiger partial charge in [-0.1, -0.05) is 18.2 Å². The Morgan fingerprint density at radius 1 is 1.06 bits per heavy atom. The maximum absolute atomic E-state index is 13.0. The van der Waals surface area contributed by atoms with Crippen LogP contribution in [0.2, 0.25) is 0 Å². The highest BCUT2D eigenvalue weighted by atomic mass is 19.4. The SMILES string of the molecule is O=C(NO)c1ccc2c(c1)CN(C(=O)CNC1CC1c1ccc(F)cc1)CC2.O=C(O)C(F)(F)F. The number of carbonyl (C=O) groups excluding carboxylic acids is 2. The van der Waals surface area contributed by atoms with Gasteiger partial charge in [0.25, 0.3) is 5.91 Å².